The number of Topliss-reactive ketones (excluding diaryl/α,β-unsaturated/α-hetero) is 2. The van der Waals surface area contributed by atoms with Gasteiger partial charge in [0.1, 0.15) is 24.7 Å². The Morgan fingerprint density at radius 3 is 1.68 bits per heavy atom. The van der Waals surface area contributed by atoms with E-state index in [0.717, 1.165) is 80.3 Å². The molecule has 62 heavy (non-hydrogen) atoms. The number of nitrogens with one attached hydrogen (secondary N) is 1. The Balaban J connectivity index is 0.00000422. The SMILES string of the molecule is C.Nc1nc(N)c(C(=O)N[C@H]2CCC[N+](CCCc3ccc(OCC(=O)CC4CCS(=O)(=O)C4)cc3)(CCCc3ccc(OCC(=O)CC4CCS(=O)(=O)C4)cc3)C2)nc1Cl.[Cl-]. The van der Waals surface area contributed by atoms with E-state index in [4.69, 9.17) is 32.5 Å². The Bertz CT molecular complexity index is 2120. The number of hydrogen-bond donors (Lipinski definition) is 3. The number of aromatic nitrogens is 2. The van der Waals surface area contributed by atoms with Crippen LogP contribution in [0.2, 0.25) is 5.15 Å². The van der Waals surface area contributed by atoms with Gasteiger partial charge in [-0.3, -0.25) is 14.4 Å². The molecular formula is C43H60Cl2N6O9S2. The van der Waals surface area contributed by atoms with E-state index in [1.54, 1.807) is 0 Å². The molecule has 3 saturated heterocycles. The largest absolute Gasteiger partial charge is 1.00 e. The number of carbonyl (C=O) groups is 3. The van der Waals surface area contributed by atoms with E-state index in [1.807, 2.05) is 48.5 Å². The Labute approximate surface area is 376 Å². The van der Waals surface area contributed by atoms with Crippen molar-refractivity contribution in [1.29, 1.82) is 0 Å². The summed E-state index contributed by atoms with van der Waals surface area (Å²) in [5, 5.41) is 3.05. The fraction of sp³-hybridized carbons (Fsp3) is 0.558. The summed E-state index contributed by atoms with van der Waals surface area (Å²) in [6.45, 7) is 3.29. The number of nitrogens with two attached hydrogens (primary N) is 2. The van der Waals surface area contributed by atoms with E-state index in [9.17, 15) is 31.2 Å². The summed E-state index contributed by atoms with van der Waals surface area (Å²) in [4.78, 5) is 46.3. The zero-order valence-corrected chi connectivity index (χ0v) is 37.4. The quantitative estimate of drug-likeness (QED) is 0.137. The van der Waals surface area contributed by atoms with Crippen molar-refractivity contribution in [1.82, 2.24) is 15.3 Å². The van der Waals surface area contributed by atoms with Gasteiger partial charge in [0.15, 0.2) is 53.7 Å². The highest BCUT2D eigenvalue weighted by atomic mass is 35.5. The van der Waals surface area contributed by atoms with Gasteiger partial charge in [0.2, 0.25) is 0 Å². The Morgan fingerprint density at radius 1 is 0.742 bits per heavy atom. The summed E-state index contributed by atoms with van der Waals surface area (Å²) in [6, 6.07) is 15.3. The van der Waals surface area contributed by atoms with Gasteiger partial charge >= 0.3 is 0 Å². The van der Waals surface area contributed by atoms with Gasteiger partial charge in [-0.05, 0) is 85.8 Å². The zero-order chi connectivity index (χ0) is 42.9. The molecule has 19 heteroatoms. The maximum Gasteiger partial charge on any atom is 0.274 e. The van der Waals surface area contributed by atoms with Gasteiger partial charge < -0.3 is 43.1 Å². The minimum Gasteiger partial charge on any atom is -1.00 e. The number of halogens is 2. The molecule has 3 fully saturated rings. The van der Waals surface area contributed by atoms with Crippen LogP contribution >= 0.6 is 11.6 Å². The van der Waals surface area contributed by atoms with E-state index < -0.39 is 25.6 Å². The van der Waals surface area contributed by atoms with Crippen molar-refractivity contribution in [2.75, 3.05) is 73.9 Å². The van der Waals surface area contributed by atoms with Crippen molar-refractivity contribution in [3.05, 3.63) is 70.5 Å². The predicted octanol–water partition coefficient (Wildman–Crippen LogP) is 1.45. The molecule has 1 aromatic heterocycles. The third kappa shape index (κ3) is 15.1. The molecular weight excluding hydrogens is 880 g/mol. The van der Waals surface area contributed by atoms with Crippen LogP contribution < -0.4 is 38.7 Å². The molecule has 0 aliphatic carbocycles. The average molecular weight is 940 g/mol. The van der Waals surface area contributed by atoms with Crippen LogP contribution in [0.15, 0.2) is 48.5 Å². The number of ketones is 2. The highest BCUT2D eigenvalue weighted by molar-refractivity contribution is 7.91. The third-order valence-electron chi connectivity index (χ3n) is 11.8. The topological polar surface area (TPSA) is 228 Å². The first kappa shape index (κ1) is 50.6. The van der Waals surface area contributed by atoms with Crippen molar-refractivity contribution in [2.45, 2.75) is 77.7 Å². The van der Waals surface area contributed by atoms with Crippen LogP contribution in [-0.2, 0) is 42.1 Å². The molecule has 0 bridgehead atoms. The third-order valence-corrected chi connectivity index (χ3v) is 15.7. The lowest BCUT2D eigenvalue weighted by molar-refractivity contribution is -0.933. The van der Waals surface area contributed by atoms with Gasteiger partial charge in [0.05, 0.1) is 55.2 Å². The number of nitrogen functional groups attached to an aromatic ring is 2. The van der Waals surface area contributed by atoms with Gasteiger partial charge in [0.25, 0.3) is 5.91 Å². The summed E-state index contributed by atoms with van der Waals surface area (Å²) in [6.07, 6.45) is 6.64. The van der Waals surface area contributed by atoms with Gasteiger partial charge in [-0.1, -0.05) is 43.3 Å². The number of piperidine rings is 1. The Morgan fingerprint density at radius 2 is 1.23 bits per heavy atom. The van der Waals surface area contributed by atoms with Crippen LogP contribution in [-0.4, -0.2) is 117 Å². The van der Waals surface area contributed by atoms with E-state index in [1.165, 1.54) is 0 Å². The van der Waals surface area contributed by atoms with Crippen LogP contribution in [0.4, 0.5) is 11.6 Å². The standard InChI is InChI=1S/C42H55ClN6O9S2.CH4.ClH/c43-39-41(45)48-40(44)38(47-39)42(52)46-33-6-3-19-49(24-33,17-1-4-29-7-11-36(12-8-29)57-25-34(50)22-31-15-20-59(53,54)27-31)18-2-5-30-9-13-37(14-10-30)58-26-35(51)23-32-16-21-60(55,56)28-32;;/h7-14,31-33H,1-6,15-28H2,(H4-,44,45,46,48,52);1H4;1H/t31?,32?,33-,49?;;/m0../s1. The molecule has 0 spiro atoms. The molecule has 3 aliphatic heterocycles. The molecule has 342 valence electrons. The lowest BCUT2D eigenvalue weighted by atomic mass is 9.99. The lowest BCUT2D eigenvalue weighted by Gasteiger charge is -2.45. The fourth-order valence-electron chi connectivity index (χ4n) is 8.72. The monoisotopic (exact) mass is 938 g/mol. The number of carbonyl (C=O) groups excluding carboxylic acids is 3. The molecule has 0 saturated carbocycles. The summed E-state index contributed by atoms with van der Waals surface area (Å²) < 4.78 is 59.2. The van der Waals surface area contributed by atoms with Gasteiger partial charge in [-0.2, -0.15) is 0 Å². The van der Waals surface area contributed by atoms with Crippen LogP contribution in [0.5, 0.6) is 11.5 Å². The number of rotatable bonds is 20. The molecule has 4 heterocycles. The van der Waals surface area contributed by atoms with Gasteiger partial charge in [0, 0.05) is 25.7 Å². The number of anilines is 2. The van der Waals surface area contributed by atoms with Gasteiger partial charge in [-0.25, -0.2) is 26.8 Å². The first-order valence-electron chi connectivity index (χ1n) is 20.7. The Hall–Kier alpha value is -4.03. The second-order valence-electron chi connectivity index (χ2n) is 16.7. The van der Waals surface area contributed by atoms with Crippen molar-refractivity contribution < 1.29 is 57.6 Å². The molecule has 15 nitrogen and oxygen atoms in total. The highest BCUT2D eigenvalue weighted by Gasteiger charge is 2.36. The van der Waals surface area contributed by atoms with Crippen LogP contribution in [0, 0.1) is 11.8 Å². The summed E-state index contributed by atoms with van der Waals surface area (Å²) in [5.74, 6) is 0.579. The maximum atomic E-state index is 13.3. The first-order chi connectivity index (χ1) is 28.5. The highest BCUT2D eigenvalue weighted by Crippen LogP contribution is 2.26. The molecule has 0 radical (unpaired) electrons. The number of likely N-dealkylation sites (tertiary alicyclic amines) is 1. The van der Waals surface area contributed by atoms with E-state index >= 15 is 0 Å². The van der Waals surface area contributed by atoms with E-state index in [0.29, 0.717) is 24.3 Å². The summed E-state index contributed by atoms with van der Waals surface area (Å²) >= 11 is 6.07. The number of aryl methyl sites for hydroxylation is 2. The van der Waals surface area contributed by atoms with E-state index in [2.05, 4.69) is 15.3 Å². The number of hydrogen-bond acceptors (Lipinski definition) is 13. The maximum absolute atomic E-state index is 13.3. The number of amides is 1. The predicted molar refractivity (Wildman–Crippen MR) is 236 cm³/mol. The molecule has 6 rings (SSSR count). The Kier molecular flexibility index (Phi) is 18.4. The zero-order valence-electron chi connectivity index (χ0n) is 34.2. The smallest absolute Gasteiger partial charge is 0.274 e. The van der Waals surface area contributed by atoms with Gasteiger partial charge in [-0.15, -0.1) is 0 Å². The second kappa shape index (κ2) is 22.5. The van der Waals surface area contributed by atoms with Crippen LogP contribution in [0.1, 0.15) is 80.4 Å². The molecule has 3 atom stereocenters. The number of ether oxygens (including phenoxy) is 2. The van der Waals surface area contributed by atoms with Crippen LogP contribution in [0.3, 0.4) is 0 Å². The molecule has 1 amide bonds. The van der Waals surface area contributed by atoms with Crippen LogP contribution in [0.25, 0.3) is 0 Å². The number of quaternary nitrogens is 1. The number of benzene rings is 2. The molecule has 2 aromatic carbocycles. The number of sulfone groups is 2. The minimum absolute atomic E-state index is 0. The van der Waals surface area contributed by atoms with Crippen molar-refractivity contribution >= 4 is 60.4 Å². The van der Waals surface area contributed by atoms with Crippen molar-refractivity contribution in [2.24, 2.45) is 11.8 Å². The minimum atomic E-state index is -3.03. The average Bonchev–Trinajstić information content (AvgIpc) is 3.73. The lowest BCUT2D eigenvalue weighted by Crippen LogP contribution is -3.00. The molecule has 5 N–H and O–H groups in total. The summed E-state index contributed by atoms with van der Waals surface area (Å²) in [7, 11) is -6.06. The number of nitrogens with zero attached hydrogens (tertiary/aromatic N) is 3. The second-order valence-corrected chi connectivity index (χ2v) is 21.6. The van der Waals surface area contributed by atoms with E-state index in [-0.39, 0.29) is 121 Å². The van der Waals surface area contributed by atoms with Crippen molar-refractivity contribution in [3.63, 3.8) is 0 Å². The summed E-state index contributed by atoms with van der Waals surface area (Å²) in [5.41, 5.74) is 13.9. The van der Waals surface area contributed by atoms with Crippen molar-refractivity contribution in [3.8, 4) is 11.5 Å². The first-order valence-corrected chi connectivity index (χ1v) is 24.7. The molecule has 3 aromatic rings. The molecule has 2 unspecified atom stereocenters. The normalized spacial score (nSPS) is 22.4. The fourth-order valence-corrected chi connectivity index (χ4v) is 12.6. The molecule has 3 aliphatic rings.